The Bertz CT molecular complexity index is 1340. The molecule has 0 radical (unpaired) electrons. The average Bonchev–Trinajstić information content (AvgIpc) is 2.85. The van der Waals surface area contributed by atoms with Crippen LogP contribution in [0.5, 0.6) is 0 Å². The first-order valence-corrected chi connectivity index (χ1v) is 10.8. The standard InChI is InChI=1S/C27H23N3O4.2BrH/c1-20-2-4-23(5-3-20)26(31)18-28-14-10-21(11-15-28)22-12-16-29(17-13-22)19-27(32)24-6-8-25(9-7-24)30(33)34;;/h2-17H,18-19H2,1H3;2*1H/q+2;;/p-2. The molecule has 2 heterocycles. The maximum absolute atomic E-state index is 12.5. The molecule has 0 fully saturated rings. The van der Waals surface area contributed by atoms with Crippen molar-refractivity contribution >= 4 is 17.3 Å². The number of carbonyl (C=O) groups excluding carboxylic acids is 2. The van der Waals surface area contributed by atoms with Crippen LogP contribution in [0.1, 0.15) is 26.3 Å². The summed E-state index contributed by atoms with van der Waals surface area (Å²) in [6.45, 7) is 2.39. The smallest absolute Gasteiger partial charge is 0.269 e. The van der Waals surface area contributed by atoms with Gasteiger partial charge in [-0.25, -0.2) is 0 Å². The molecule has 2 aromatic carbocycles. The highest BCUT2D eigenvalue weighted by atomic mass is 79.9. The molecule has 0 aliphatic rings. The van der Waals surface area contributed by atoms with Gasteiger partial charge in [-0.15, -0.1) is 0 Å². The number of aromatic nitrogens is 2. The molecule has 0 aliphatic carbocycles. The lowest BCUT2D eigenvalue weighted by Crippen LogP contribution is -3.00. The van der Waals surface area contributed by atoms with E-state index in [2.05, 4.69) is 0 Å². The lowest BCUT2D eigenvalue weighted by atomic mass is 10.1. The number of pyridine rings is 2. The van der Waals surface area contributed by atoms with Crippen molar-refractivity contribution in [2.75, 3.05) is 0 Å². The molecule has 0 atom stereocenters. The van der Waals surface area contributed by atoms with Gasteiger partial charge in [0.05, 0.1) is 4.92 Å². The number of hydrogen-bond acceptors (Lipinski definition) is 4. The Morgan fingerprint density at radius 1 is 0.667 bits per heavy atom. The second-order valence-electron chi connectivity index (χ2n) is 8.03. The van der Waals surface area contributed by atoms with Gasteiger partial charge in [0.1, 0.15) is 0 Å². The molecule has 0 saturated carbocycles. The predicted molar refractivity (Wildman–Crippen MR) is 125 cm³/mol. The minimum absolute atomic E-state index is 0. The second kappa shape index (κ2) is 12.9. The quantitative estimate of drug-likeness (QED) is 0.0990. The van der Waals surface area contributed by atoms with Gasteiger partial charge in [-0.2, -0.15) is 9.13 Å². The van der Waals surface area contributed by atoms with Gasteiger partial charge in [0.15, 0.2) is 24.8 Å². The zero-order valence-corrected chi connectivity index (χ0v) is 22.6. The molecule has 0 bridgehead atoms. The van der Waals surface area contributed by atoms with E-state index >= 15 is 0 Å². The van der Waals surface area contributed by atoms with Gasteiger partial charge >= 0.3 is 0 Å². The Balaban J connectivity index is 0.00000228. The van der Waals surface area contributed by atoms with Crippen molar-refractivity contribution in [1.29, 1.82) is 0 Å². The number of benzene rings is 2. The molecular formula is C27H23Br2N3O4. The van der Waals surface area contributed by atoms with E-state index < -0.39 is 4.92 Å². The van der Waals surface area contributed by atoms with Crippen LogP contribution in [-0.2, 0) is 13.1 Å². The van der Waals surface area contributed by atoms with E-state index in [4.69, 9.17) is 0 Å². The molecule has 4 rings (SSSR count). The number of nitro groups is 1. The summed E-state index contributed by atoms with van der Waals surface area (Å²) in [6.07, 6.45) is 7.39. The monoisotopic (exact) mass is 611 g/mol. The Kier molecular flexibility index (Phi) is 10.3. The van der Waals surface area contributed by atoms with Crippen molar-refractivity contribution in [3.8, 4) is 11.1 Å². The summed E-state index contributed by atoms with van der Waals surface area (Å²) >= 11 is 0. The molecular weight excluding hydrogens is 590 g/mol. The minimum Gasteiger partial charge on any atom is -1.00 e. The van der Waals surface area contributed by atoms with Gasteiger partial charge in [0.25, 0.3) is 5.69 Å². The van der Waals surface area contributed by atoms with Gasteiger partial charge < -0.3 is 34.0 Å². The Labute approximate surface area is 229 Å². The normalized spacial score (nSPS) is 10.0. The van der Waals surface area contributed by atoms with E-state index in [-0.39, 0.29) is 64.3 Å². The Morgan fingerprint density at radius 2 is 1.03 bits per heavy atom. The highest BCUT2D eigenvalue weighted by Crippen LogP contribution is 2.16. The van der Waals surface area contributed by atoms with Crippen LogP contribution in [0.3, 0.4) is 0 Å². The van der Waals surface area contributed by atoms with Crippen LogP contribution in [0.2, 0.25) is 0 Å². The molecule has 36 heavy (non-hydrogen) atoms. The highest BCUT2D eigenvalue weighted by molar-refractivity contribution is 5.95. The Hall–Kier alpha value is -3.56. The molecule has 184 valence electrons. The zero-order valence-electron chi connectivity index (χ0n) is 19.4. The van der Waals surface area contributed by atoms with E-state index in [0.29, 0.717) is 11.1 Å². The zero-order chi connectivity index (χ0) is 24.1. The third-order valence-corrected chi connectivity index (χ3v) is 5.54. The fourth-order valence-electron chi connectivity index (χ4n) is 3.53. The third kappa shape index (κ3) is 7.22. The number of nitrogens with zero attached hydrogens (tertiary/aromatic N) is 3. The predicted octanol–water partition coefficient (Wildman–Crippen LogP) is -2.08. The van der Waals surface area contributed by atoms with Gasteiger partial charge in [-0.1, -0.05) is 29.8 Å². The summed E-state index contributed by atoms with van der Waals surface area (Å²) in [6, 6.07) is 20.9. The number of non-ortho nitro benzene ring substituents is 1. The van der Waals surface area contributed by atoms with E-state index in [1.165, 1.54) is 24.3 Å². The summed E-state index contributed by atoms with van der Waals surface area (Å²) in [5.41, 5.74) is 4.17. The number of nitro benzene ring substituents is 1. The fourth-order valence-corrected chi connectivity index (χ4v) is 3.53. The van der Waals surface area contributed by atoms with Crippen molar-refractivity contribution in [3.63, 3.8) is 0 Å². The SMILES string of the molecule is Cc1ccc(C(=O)C[n+]2ccc(-c3cc[n+](CC(=O)c4ccc([N+](=O)[O-])cc4)cc3)cc2)cc1.[Br-].[Br-]. The number of halogens is 2. The maximum Gasteiger partial charge on any atom is 0.269 e. The van der Waals surface area contributed by atoms with E-state index in [1.807, 2.05) is 84.8 Å². The summed E-state index contributed by atoms with van der Waals surface area (Å²) in [5.74, 6) is -0.0807. The first-order chi connectivity index (χ1) is 16.4. The van der Waals surface area contributed by atoms with E-state index in [1.54, 1.807) is 4.57 Å². The number of Topliss-reactive ketones (excluding diaryl/α,β-unsaturated/α-hetero) is 2. The molecule has 0 unspecified atom stereocenters. The first-order valence-electron chi connectivity index (χ1n) is 10.8. The lowest BCUT2D eigenvalue weighted by Gasteiger charge is -2.02. The topological polar surface area (TPSA) is 85.0 Å². The molecule has 0 spiro atoms. The van der Waals surface area contributed by atoms with E-state index in [9.17, 15) is 19.7 Å². The van der Waals surface area contributed by atoms with Crippen molar-refractivity contribution in [2.24, 2.45) is 0 Å². The van der Waals surface area contributed by atoms with Crippen molar-refractivity contribution in [1.82, 2.24) is 0 Å². The number of aryl methyl sites for hydroxylation is 1. The van der Waals surface area contributed by atoms with E-state index in [0.717, 1.165) is 16.7 Å². The molecule has 0 N–H and O–H groups in total. The molecule has 4 aromatic rings. The van der Waals surface area contributed by atoms with Crippen LogP contribution in [0.25, 0.3) is 11.1 Å². The molecule has 2 aromatic heterocycles. The lowest BCUT2D eigenvalue weighted by molar-refractivity contribution is -0.683. The number of hydrogen-bond donors (Lipinski definition) is 0. The fraction of sp³-hybridized carbons (Fsp3) is 0.111. The van der Waals surface area contributed by atoms with Crippen LogP contribution >= 0.6 is 0 Å². The number of carbonyl (C=O) groups is 2. The van der Waals surface area contributed by atoms with Gasteiger partial charge in [-0.05, 0) is 30.2 Å². The summed E-state index contributed by atoms with van der Waals surface area (Å²) < 4.78 is 3.61. The molecule has 7 nitrogen and oxygen atoms in total. The van der Waals surface area contributed by atoms with Crippen LogP contribution in [0.4, 0.5) is 5.69 Å². The molecule has 9 heteroatoms. The van der Waals surface area contributed by atoms with Gasteiger partial charge in [0, 0.05) is 47.5 Å². The Morgan fingerprint density at radius 3 is 1.39 bits per heavy atom. The summed E-state index contributed by atoms with van der Waals surface area (Å²) in [4.78, 5) is 35.2. The van der Waals surface area contributed by atoms with Crippen LogP contribution in [-0.4, -0.2) is 16.5 Å². The van der Waals surface area contributed by atoms with Crippen LogP contribution in [0.15, 0.2) is 97.6 Å². The largest absolute Gasteiger partial charge is 1.00 e. The summed E-state index contributed by atoms with van der Waals surface area (Å²) in [7, 11) is 0. The summed E-state index contributed by atoms with van der Waals surface area (Å²) in [5, 5.41) is 10.8. The average molecular weight is 613 g/mol. The second-order valence-corrected chi connectivity index (χ2v) is 8.03. The molecule has 0 aliphatic heterocycles. The number of ketones is 2. The van der Waals surface area contributed by atoms with Crippen molar-refractivity contribution in [3.05, 3.63) is 124 Å². The van der Waals surface area contributed by atoms with Crippen molar-refractivity contribution < 1.29 is 57.6 Å². The number of rotatable bonds is 8. The molecule has 0 saturated heterocycles. The van der Waals surface area contributed by atoms with Gasteiger partial charge in [0.2, 0.25) is 24.7 Å². The minimum atomic E-state index is -0.491. The third-order valence-electron chi connectivity index (χ3n) is 5.54. The maximum atomic E-state index is 12.5. The first kappa shape index (κ1) is 28.7. The van der Waals surface area contributed by atoms with Crippen LogP contribution in [0, 0.1) is 17.0 Å². The highest BCUT2D eigenvalue weighted by Gasteiger charge is 2.15. The van der Waals surface area contributed by atoms with Crippen LogP contribution < -0.4 is 43.1 Å². The van der Waals surface area contributed by atoms with Crippen molar-refractivity contribution in [2.45, 2.75) is 20.0 Å². The molecule has 0 amide bonds. The van der Waals surface area contributed by atoms with Gasteiger partial charge in [-0.3, -0.25) is 19.7 Å².